The minimum atomic E-state index is 0.123. The number of nitrogens with one attached hydrogen (secondary N) is 1. The monoisotopic (exact) mass is 421 g/mol. The van der Waals surface area contributed by atoms with Crippen molar-refractivity contribution < 1.29 is 9.53 Å². The van der Waals surface area contributed by atoms with Gasteiger partial charge in [0.05, 0.1) is 0 Å². The second kappa shape index (κ2) is 10.3. The van der Waals surface area contributed by atoms with E-state index in [1.807, 2.05) is 48.0 Å². The maximum atomic E-state index is 12.4. The van der Waals surface area contributed by atoms with Crippen LogP contribution in [-0.2, 0) is 17.8 Å². The van der Waals surface area contributed by atoms with Gasteiger partial charge in [-0.05, 0) is 42.5 Å². The predicted octanol–water partition coefficient (Wildman–Crippen LogP) is 4.44. The van der Waals surface area contributed by atoms with E-state index in [4.69, 9.17) is 4.74 Å². The van der Waals surface area contributed by atoms with E-state index in [0.29, 0.717) is 19.4 Å². The van der Waals surface area contributed by atoms with Gasteiger partial charge in [-0.3, -0.25) is 4.79 Å². The van der Waals surface area contributed by atoms with Crippen LogP contribution >= 0.6 is 11.3 Å². The number of hydrogen-bond donors (Lipinski definition) is 1. The van der Waals surface area contributed by atoms with Crippen LogP contribution in [0.2, 0.25) is 0 Å². The van der Waals surface area contributed by atoms with Crippen LogP contribution in [0.1, 0.15) is 30.4 Å². The molecular weight excluding hydrogens is 394 g/mol. The number of benzene rings is 2. The summed E-state index contributed by atoms with van der Waals surface area (Å²) in [6.45, 7) is 2.43. The minimum Gasteiger partial charge on any atom is -0.489 e. The molecule has 1 amide bonds. The fourth-order valence-corrected chi connectivity index (χ4v) is 4.37. The molecule has 6 heteroatoms. The third kappa shape index (κ3) is 5.83. The van der Waals surface area contributed by atoms with Crippen LogP contribution in [-0.4, -0.2) is 30.0 Å². The van der Waals surface area contributed by atoms with Crippen molar-refractivity contribution in [1.82, 2.24) is 10.3 Å². The highest BCUT2D eigenvalue weighted by Crippen LogP contribution is 2.22. The first-order valence-electron chi connectivity index (χ1n) is 10.5. The Balaban J connectivity index is 1.19. The van der Waals surface area contributed by atoms with Crippen molar-refractivity contribution in [3.63, 3.8) is 0 Å². The topological polar surface area (TPSA) is 54.5 Å². The summed E-state index contributed by atoms with van der Waals surface area (Å²) in [6.07, 6.45) is 4.99. The molecular formula is C24H27N3O2S. The van der Waals surface area contributed by atoms with Crippen LogP contribution in [0.25, 0.3) is 0 Å². The van der Waals surface area contributed by atoms with Crippen LogP contribution in [0.15, 0.2) is 66.2 Å². The number of anilines is 1. The number of nitrogens with zero attached hydrogens (tertiary/aromatic N) is 2. The van der Waals surface area contributed by atoms with Gasteiger partial charge in [0.2, 0.25) is 5.91 Å². The molecule has 1 saturated heterocycles. The van der Waals surface area contributed by atoms with Gasteiger partial charge < -0.3 is 15.0 Å². The lowest BCUT2D eigenvalue weighted by Gasteiger charge is -2.32. The number of carbonyl (C=O) groups excluding carboxylic acids is 1. The summed E-state index contributed by atoms with van der Waals surface area (Å²) < 4.78 is 5.89. The Morgan fingerprint density at radius 3 is 2.67 bits per heavy atom. The quantitative estimate of drug-likeness (QED) is 0.584. The summed E-state index contributed by atoms with van der Waals surface area (Å²) in [4.78, 5) is 19.1. The van der Waals surface area contributed by atoms with E-state index < -0.39 is 0 Å². The summed E-state index contributed by atoms with van der Waals surface area (Å²) >= 11 is 1.67. The lowest BCUT2D eigenvalue weighted by Crippen LogP contribution is -2.44. The van der Waals surface area contributed by atoms with Crippen LogP contribution in [0, 0.1) is 0 Å². The number of carbonyl (C=O) groups is 1. The summed E-state index contributed by atoms with van der Waals surface area (Å²) in [6, 6.07) is 18.4. The molecule has 2 heterocycles. The Bertz CT molecular complexity index is 923. The van der Waals surface area contributed by atoms with Gasteiger partial charge in [0, 0.05) is 37.1 Å². The predicted molar refractivity (Wildman–Crippen MR) is 121 cm³/mol. The number of hydrogen-bond acceptors (Lipinski definition) is 5. The summed E-state index contributed by atoms with van der Waals surface area (Å²) in [7, 11) is 0. The molecule has 0 unspecified atom stereocenters. The van der Waals surface area contributed by atoms with Gasteiger partial charge in [-0.2, -0.15) is 0 Å². The number of aromatic nitrogens is 1. The number of thiazole rings is 1. The van der Waals surface area contributed by atoms with Crippen molar-refractivity contribution in [3.05, 3.63) is 77.3 Å². The van der Waals surface area contributed by atoms with Crippen molar-refractivity contribution >= 4 is 22.4 Å². The second-order valence-electron chi connectivity index (χ2n) is 7.57. The van der Waals surface area contributed by atoms with E-state index in [0.717, 1.165) is 47.9 Å². The normalized spacial score (nSPS) is 14.5. The zero-order valence-electron chi connectivity index (χ0n) is 17.0. The van der Waals surface area contributed by atoms with E-state index in [9.17, 15) is 4.79 Å². The van der Waals surface area contributed by atoms with Crippen LogP contribution in [0.5, 0.6) is 5.75 Å². The lowest BCUT2D eigenvalue weighted by molar-refractivity contribution is -0.121. The van der Waals surface area contributed by atoms with E-state index in [1.165, 1.54) is 0 Å². The number of piperidine rings is 1. The highest BCUT2D eigenvalue weighted by atomic mass is 32.1. The van der Waals surface area contributed by atoms with Crippen LogP contribution < -0.4 is 15.0 Å². The summed E-state index contributed by atoms with van der Waals surface area (Å²) in [5, 5.41) is 6.29. The molecule has 156 valence electrons. The number of rotatable bonds is 8. The van der Waals surface area contributed by atoms with E-state index in [2.05, 4.69) is 33.4 Å². The molecule has 5 nitrogen and oxygen atoms in total. The molecule has 30 heavy (non-hydrogen) atoms. The van der Waals surface area contributed by atoms with Gasteiger partial charge >= 0.3 is 0 Å². The molecule has 0 atom stereocenters. The Labute approximate surface area is 181 Å². The minimum absolute atomic E-state index is 0.123. The van der Waals surface area contributed by atoms with Gasteiger partial charge in [0.15, 0.2) is 5.13 Å². The maximum Gasteiger partial charge on any atom is 0.220 e. The molecule has 0 saturated carbocycles. The molecule has 1 fully saturated rings. The third-order valence-electron chi connectivity index (χ3n) is 5.34. The highest BCUT2D eigenvalue weighted by Gasteiger charge is 2.21. The fourth-order valence-electron chi connectivity index (χ4n) is 3.68. The largest absolute Gasteiger partial charge is 0.489 e. The zero-order valence-corrected chi connectivity index (χ0v) is 17.8. The first-order chi connectivity index (χ1) is 14.8. The molecule has 4 rings (SSSR count). The number of aryl methyl sites for hydroxylation is 1. The van der Waals surface area contributed by atoms with Crippen molar-refractivity contribution in [2.24, 2.45) is 0 Å². The molecule has 1 aromatic heterocycles. The van der Waals surface area contributed by atoms with E-state index in [1.54, 1.807) is 11.3 Å². The molecule has 1 N–H and O–H groups in total. The second-order valence-corrected chi connectivity index (χ2v) is 8.44. The third-order valence-corrected chi connectivity index (χ3v) is 6.17. The van der Waals surface area contributed by atoms with Crippen molar-refractivity contribution in [1.29, 1.82) is 0 Å². The average Bonchev–Trinajstić information content (AvgIpc) is 3.33. The molecule has 0 aliphatic carbocycles. The first kappa shape index (κ1) is 20.4. The molecule has 0 spiro atoms. The van der Waals surface area contributed by atoms with Crippen molar-refractivity contribution in [2.75, 3.05) is 18.0 Å². The van der Waals surface area contributed by atoms with E-state index in [-0.39, 0.29) is 11.9 Å². The summed E-state index contributed by atoms with van der Waals surface area (Å²) in [5.41, 5.74) is 2.26. The molecule has 1 aliphatic rings. The lowest BCUT2D eigenvalue weighted by atomic mass is 10.0. The Morgan fingerprint density at radius 2 is 1.90 bits per heavy atom. The average molecular weight is 422 g/mol. The summed E-state index contributed by atoms with van der Waals surface area (Å²) in [5.74, 6) is 0.963. The van der Waals surface area contributed by atoms with Gasteiger partial charge in [-0.25, -0.2) is 4.98 Å². The van der Waals surface area contributed by atoms with Crippen LogP contribution in [0.3, 0.4) is 0 Å². The number of ether oxygens (including phenoxy) is 1. The Hall–Kier alpha value is -2.86. The molecule has 3 aromatic rings. The SMILES string of the molecule is O=C(CCc1cccc(OCc2ccccc2)c1)NC1CCN(c2nccs2)CC1. The van der Waals surface area contributed by atoms with Crippen molar-refractivity contribution in [2.45, 2.75) is 38.3 Å². The van der Waals surface area contributed by atoms with Crippen molar-refractivity contribution in [3.8, 4) is 5.75 Å². The maximum absolute atomic E-state index is 12.4. The molecule has 0 radical (unpaired) electrons. The smallest absolute Gasteiger partial charge is 0.220 e. The fraction of sp³-hybridized carbons (Fsp3) is 0.333. The zero-order chi connectivity index (χ0) is 20.6. The molecule has 1 aliphatic heterocycles. The highest BCUT2D eigenvalue weighted by molar-refractivity contribution is 7.13. The molecule has 0 bridgehead atoms. The van der Waals surface area contributed by atoms with E-state index >= 15 is 0 Å². The van der Waals surface area contributed by atoms with Crippen LogP contribution in [0.4, 0.5) is 5.13 Å². The van der Waals surface area contributed by atoms with Gasteiger partial charge in [-0.1, -0.05) is 42.5 Å². The Morgan fingerprint density at radius 1 is 1.10 bits per heavy atom. The standard InChI is InChI=1S/C24H27N3O2S/c28-23(26-21-11-14-27(15-12-21)24-25-13-16-30-24)10-9-19-7-4-8-22(17-19)29-18-20-5-2-1-3-6-20/h1-8,13,16-17,21H,9-12,14-15,18H2,(H,26,28). The van der Waals surface area contributed by atoms with Gasteiger partial charge in [0.25, 0.3) is 0 Å². The first-order valence-corrected chi connectivity index (χ1v) is 11.3. The molecule has 2 aromatic carbocycles. The van der Waals surface area contributed by atoms with Gasteiger partial charge in [-0.15, -0.1) is 11.3 Å². The van der Waals surface area contributed by atoms with Gasteiger partial charge in [0.1, 0.15) is 12.4 Å². The Kier molecular flexibility index (Phi) is 6.98. The number of amides is 1.